The Balaban J connectivity index is 1.70. The molecular weight excluding hydrogens is 284 g/mol. The lowest BCUT2D eigenvalue weighted by Crippen LogP contribution is -2.24. The zero-order valence-electron chi connectivity index (χ0n) is 14.8. The molecule has 1 heterocycles. The van der Waals surface area contributed by atoms with Gasteiger partial charge >= 0.3 is 0 Å². The first kappa shape index (κ1) is 16.1. The molecule has 1 saturated carbocycles. The molecule has 1 aliphatic carbocycles. The van der Waals surface area contributed by atoms with Gasteiger partial charge in [0.2, 0.25) is 0 Å². The molecule has 23 heavy (non-hydrogen) atoms. The largest absolute Gasteiger partial charge is 0.490 e. The Labute approximate surface area is 139 Å². The smallest absolute Gasteiger partial charge is 0.119 e. The number of aromatic nitrogens is 2. The molecule has 3 rings (SSSR count). The summed E-state index contributed by atoms with van der Waals surface area (Å²) in [6.07, 6.45) is 7.33. The van der Waals surface area contributed by atoms with Crippen molar-refractivity contribution in [2.45, 2.75) is 71.4 Å². The van der Waals surface area contributed by atoms with Gasteiger partial charge in [-0.15, -0.1) is 0 Å². The van der Waals surface area contributed by atoms with Gasteiger partial charge in [0.15, 0.2) is 0 Å². The minimum atomic E-state index is 0.143. The monoisotopic (exact) mass is 312 g/mol. The molecule has 0 radical (unpaired) electrons. The number of rotatable bonds is 5. The van der Waals surface area contributed by atoms with Crippen molar-refractivity contribution in [1.82, 2.24) is 9.78 Å². The summed E-state index contributed by atoms with van der Waals surface area (Å²) in [5, 5.41) is 4.77. The molecule has 1 aromatic heterocycles. The van der Waals surface area contributed by atoms with Gasteiger partial charge in [-0.3, -0.25) is 4.68 Å². The Kier molecular flexibility index (Phi) is 4.47. The van der Waals surface area contributed by atoms with Gasteiger partial charge in [0.1, 0.15) is 5.75 Å². The van der Waals surface area contributed by atoms with E-state index in [1.807, 2.05) is 0 Å². The van der Waals surface area contributed by atoms with E-state index in [0.29, 0.717) is 6.10 Å². The quantitative estimate of drug-likeness (QED) is 0.798. The Bertz CT molecular complexity index is 645. The van der Waals surface area contributed by atoms with Crippen molar-refractivity contribution >= 4 is 0 Å². The third kappa shape index (κ3) is 3.77. The van der Waals surface area contributed by atoms with Crippen molar-refractivity contribution in [2.75, 3.05) is 0 Å². The van der Waals surface area contributed by atoms with Gasteiger partial charge in [-0.1, -0.05) is 39.8 Å². The molecule has 124 valence electrons. The van der Waals surface area contributed by atoms with Crippen LogP contribution in [-0.4, -0.2) is 15.9 Å². The van der Waals surface area contributed by atoms with Gasteiger partial charge in [0.25, 0.3) is 0 Å². The number of nitrogens with zero attached hydrogens (tertiary/aromatic N) is 2. The van der Waals surface area contributed by atoms with Crippen molar-refractivity contribution in [3.63, 3.8) is 0 Å². The number of benzene rings is 1. The fourth-order valence-corrected chi connectivity index (χ4v) is 2.97. The van der Waals surface area contributed by atoms with Crippen molar-refractivity contribution in [3.8, 4) is 5.75 Å². The maximum atomic E-state index is 5.92. The second-order valence-corrected chi connectivity index (χ2v) is 7.61. The highest BCUT2D eigenvalue weighted by atomic mass is 16.5. The van der Waals surface area contributed by atoms with Gasteiger partial charge in [-0.2, -0.15) is 5.10 Å². The first-order valence-electron chi connectivity index (χ1n) is 8.78. The van der Waals surface area contributed by atoms with Crippen LogP contribution in [0.3, 0.4) is 0 Å². The minimum Gasteiger partial charge on any atom is -0.490 e. The first-order chi connectivity index (χ1) is 11.0. The average molecular weight is 312 g/mol. The Morgan fingerprint density at radius 3 is 2.35 bits per heavy atom. The lowest BCUT2D eigenvalue weighted by atomic mass is 9.87. The topological polar surface area (TPSA) is 27.1 Å². The maximum absolute atomic E-state index is 5.92. The summed E-state index contributed by atoms with van der Waals surface area (Å²) >= 11 is 0. The molecule has 0 spiro atoms. The average Bonchev–Trinajstić information content (AvgIpc) is 2.88. The zero-order chi connectivity index (χ0) is 16.4. The van der Waals surface area contributed by atoms with E-state index in [1.54, 1.807) is 0 Å². The van der Waals surface area contributed by atoms with Crippen LogP contribution in [0.1, 0.15) is 63.8 Å². The number of aryl methyl sites for hydroxylation is 1. The predicted octanol–water partition coefficient (Wildman–Crippen LogP) is 4.72. The molecule has 0 amide bonds. The summed E-state index contributed by atoms with van der Waals surface area (Å²) in [7, 11) is 0. The molecule has 2 aromatic rings. The van der Waals surface area contributed by atoms with Crippen LogP contribution in [0.2, 0.25) is 0 Å². The normalized spacial score (nSPS) is 15.5. The van der Waals surface area contributed by atoms with Crippen LogP contribution in [-0.2, 0) is 18.4 Å². The van der Waals surface area contributed by atoms with Gasteiger partial charge in [-0.25, -0.2) is 0 Å². The molecule has 1 aliphatic rings. The molecular formula is C20H28N2O. The Hall–Kier alpha value is -1.77. The van der Waals surface area contributed by atoms with E-state index in [-0.39, 0.29) is 5.41 Å². The fourth-order valence-electron chi connectivity index (χ4n) is 2.97. The number of hydrogen-bond acceptors (Lipinski definition) is 2. The van der Waals surface area contributed by atoms with E-state index >= 15 is 0 Å². The van der Waals surface area contributed by atoms with E-state index < -0.39 is 0 Å². The Morgan fingerprint density at radius 2 is 1.87 bits per heavy atom. The molecule has 0 aliphatic heterocycles. The molecule has 3 heteroatoms. The van der Waals surface area contributed by atoms with Crippen LogP contribution >= 0.6 is 0 Å². The highest BCUT2D eigenvalue weighted by molar-refractivity contribution is 5.29. The summed E-state index contributed by atoms with van der Waals surface area (Å²) < 4.78 is 7.99. The van der Waals surface area contributed by atoms with Gasteiger partial charge < -0.3 is 4.74 Å². The summed E-state index contributed by atoms with van der Waals surface area (Å²) in [6.45, 7) is 9.74. The number of ether oxygens (including phenoxy) is 1. The molecule has 0 saturated heterocycles. The Morgan fingerprint density at radius 1 is 1.17 bits per heavy atom. The fraction of sp³-hybridized carbons (Fsp3) is 0.550. The third-order valence-electron chi connectivity index (χ3n) is 4.60. The van der Waals surface area contributed by atoms with E-state index in [4.69, 9.17) is 9.84 Å². The van der Waals surface area contributed by atoms with E-state index in [2.05, 4.69) is 62.8 Å². The molecule has 0 atom stereocenters. The van der Waals surface area contributed by atoms with Crippen LogP contribution < -0.4 is 4.74 Å². The van der Waals surface area contributed by atoms with Gasteiger partial charge in [0, 0.05) is 6.20 Å². The van der Waals surface area contributed by atoms with Crippen LogP contribution in [0, 0.1) is 0 Å². The summed E-state index contributed by atoms with van der Waals surface area (Å²) in [4.78, 5) is 0. The van der Waals surface area contributed by atoms with Gasteiger partial charge in [0.05, 0.1) is 18.3 Å². The van der Waals surface area contributed by atoms with Gasteiger partial charge in [-0.05, 0) is 54.4 Å². The lowest BCUT2D eigenvalue weighted by molar-refractivity contribution is 0.120. The maximum Gasteiger partial charge on any atom is 0.119 e. The highest BCUT2D eigenvalue weighted by Gasteiger charge is 2.21. The van der Waals surface area contributed by atoms with E-state index in [1.165, 1.54) is 36.1 Å². The van der Waals surface area contributed by atoms with Crippen molar-refractivity contribution in [1.29, 1.82) is 0 Å². The number of hydrogen-bond donors (Lipinski definition) is 0. The van der Waals surface area contributed by atoms with Crippen molar-refractivity contribution in [3.05, 3.63) is 47.3 Å². The second-order valence-electron chi connectivity index (χ2n) is 7.61. The molecule has 3 nitrogen and oxygen atoms in total. The summed E-state index contributed by atoms with van der Waals surface area (Å²) in [5.74, 6) is 0.989. The molecule has 1 fully saturated rings. The van der Waals surface area contributed by atoms with Crippen LogP contribution in [0.15, 0.2) is 30.5 Å². The molecule has 1 aromatic carbocycles. The highest BCUT2D eigenvalue weighted by Crippen LogP contribution is 2.27. The van der Waals surface area contributed by atoms with Crippen LogP contribution in [0.5, 0.6) is 5.75 Å². The standard InChI is InChI=1S/C20H28N2O/c1-5-19-18(20(2,3)4)14-22(21-19)13-15-9-11-17(12-10-15)23-16-7-6-8-16/h9-12,14,16H,5-8,13H2,1-4H3. The molecule has 0 N–H and O–H groups in total. The minimum absolute atomic E-state index is 0.143. The van der Waals surface area contributed by atoms with E-state index in [0.717, 1.165) is 18.7 Å². The van der Waals surface area contributed by atoms with Crippen molar-refractivity contribution < 1.29 is 4.74 Å². The third-order valence-corrected chi connectivity index (χ3v) is 4.60. The zero-order valence-corrected chi connectivity index (χ0v) is 14.8. The first-order valence-corrected chi connectivity index (χ1v) is 8.78. The summed E-state index contributed by atoms with van der Waals surface area (Å²) in [6, 6.07) is 8.47. The SMILES string of the molecule is CCc1nn(Cc2ccc(OC3CCC3)cc2)cc1C(C)(C)C. The van der Waals surface area contributed by atoms with Crippen molar-refractivity contribution in [2.24, 2.45) is 0 Å². The lowest BCUT2D eigenvalue weighted by Gasteiger charge is -2.26. The second kappa shape index (κ2) is 6.38. The predicted molar refractivity (Wildman–Crippen MR) is 94.1 cm³/mol. The van der Waals surface area contributed by atoms with Crippen LogP contribution in [0.25, 0.3) is 0 Å². The van der Waals surface area contributed by atoms with Crippen LogP contribution in [0.4, 0.5) is 0 Å². The summed E-state index contributed by atoms with van der Waals surface area (Å²) in [5.41, 5.74) is 3.97. The van der Waals surface area contributed by atoms with E-state index in [9.17, 15) is 0 Å². The molecule has 0 bridgehead atoms. The molecule has 0 unspecified atom stereocenters.